The van der Waals surface area contributed by atoms with Gasteiger partial charge < -0.3 is 5.73 Å². The molecular formula is C9H13NO4S. The number of hydrogen-bond acceptors (Lipinski definition) is 3. The molecule has 0 atom stereocenters. The second kappa shape index (κ2) is 7.13. The van der Waals surface area contributed by atoms with E-state index >= 15 is 0 Å². The van der Waals surface area contributed by atoms with Crippen LogP contribution in [-0.4, -0.2) is 24.1 Å². The van der Waals surface area contributed by atoms with Crippen molar-refractivity contribution in [3.63, 3.8) is 0 Å². The molecule has 0 aliphatic carbocycles. The predicted molar refractivity (Wildman–Crippen MR) is 58.7 cm³/mol. The van der Waals surface area contributed by atoms with Crippen LogP contribution < -0.4 is 5.73 Å². The summed E-state index contributed by atoms with van der Waals surface area (Å²) >= 11 is 0. The predicted octanol–water partition coefficient (Wildman–Crippen LogP) is 1.01. The Balaban J connectivity index is 0.000000336. The fourth-order valence-electron chi connectivity index (χ4n) is 0.768. The second-order valence-corrected chi connectivity index (χ2v) is 3.39. The minimum absolute atomic E-state index is 0.606. The molecule has 15 heavy (non-hydrogen) atoms. The van der Waals surface area contributed by atoms with Crippen molar-refractivity contribution in [2.45, 2.75) is 0 Å². The fraction of sp³-hybridized carbons (Fsp3) is 0.111. The Hall–Kier alpha value is -1.21. The van der Waals surface area contributed by atoms with Crippen LogP contribution in [0.25, 0.3) is 6.08 Å². The van der Waals surface area contributed by atoms with E-state index in [4.69, 9.17) is 23.3 Å². The van der Waals surface area contributed by atoms with E-state index in [1.54, 1.807) is 0 Å². The maximum absolute atomic E-state index is 8.74. The zero-order valence-corrected chi connectivity index (χ0v) is 8.76. The molecule has 5 nitrogen and oxygen atoms in total. The van der Waals surface area contributed by atoms with E-state index in [-0.39, 0.29) is 0 Å². The molecule has 1 aromatic carbocycles. The summed E-state index contributed by atoms with van der Waals surface area (Å²) in [4.78, 5) is 0. The largest absolute Gasteiger partial charge is 0.394 e. The third-order valence-electron chi connectivity index (χ3n) is 1.25. The van der Waals surface area contributed by atoms with Crippen molar-refractivity contribution in [1.82, 2.24) is 0 Å². The Labute approximate surface area is 88.8 Å². The SMILES string of the molecule is NC/C=C/c1ccccc1.O=S(=O)(O)O. The van der Waals surface area contributed by atoms with Gasteiger partial charge in [-0.25, -0.2) is 0 Å². The Morgan fingerprint density at radius 3 is 2.07 bits per heavy atom. The van der Waals surface area contributed by atoms with E-state index in [0.29, 0.717) is 6.54 Å². The molecule has 0 saturated heterocycles. The molecule has 1 rings (SSSR count). The average Bonchev–Trinajstić information content (AvgIpc) is 2.14. The van der Waals surface area contributed by atoms with E-state index < -0.39 is 10.4 Å². The molecule has 0 saturated carbocycles. The first-order chi connectivity index (χ1) is 6.93. The maximum Gasteiger partial charge on any atom is 0.394 e. The molecule has 84 valence electrons. The molecule has 0 unspecified atom stereocenters. The standard InChI is InChI=1S/C9H11N.H2O4S/c10-8-4-7-9-5-2-1-3-6-9;1-5(2,3)4/h1-7H,8,10H2;(H2,1,2,3,4)/b7-4+;. The van der Waals surface area contributed by atoms with Crippen LogP contribution in [0.2, 0.25) is 0 Å². The van der Waals surface area contributed by atoms with Crippen molar-refractivity contribution in [3.8, 4) is 0 Å². The lowest BCUT2D eigenvalue weighted by atomic mass is 10.2. The lowest BCUT2D eigenvalue weighted by Gasteiger charge is -1.88. The zero-order valence-electron chi connectivity index (χ0n) is 7.95. The Bertz CT molecular complexity index is 378. The third-order valence-corrected chi connectivity index (χ3v) is 1.25. The minimum atomic E-state index is -4.67. The van der Waals surface area contributed by atoms with Gasteiger partial charge >= 0.3 is 10.4 Å². The van der Waals surface area contributed by atoms with Crippen molar-refractivity contribution < 1.29 is 17.5 Å². The fourth-order valence-corrected chi connectivity index (χ4v) is 0.768. The summed E-state index contributed by atoms with van der Waals surface area (Å²) in [6, 6.07) is 10.1. The van der Waals surface area contributed by atoms with Gasteiger partial charge in [0.1, 0.15) is 0 Å². The van der Waals surface area contributed by atoms with Gasteiger partial charge in [-0.05, 0) is 5.56 Å². The minimum Gasteiger partial charge on any atom is -0.327 e. The van der Waals surface area contributed by atoms with Crippen LogP contribution in [0.5, 0.6) is 0 Å². The Morgan fingerprint density at radius 2 is 1.67 bits per heavy atom. The lowest BCUT2D eigenvalue weighted by molar-refractivity contribution is 0.381. The summed E-state index contributed by atoms with van der Waals surface area (Å²) in [6.45, 7) is 0.606. The number of nitrogens with two attached hydrogens (primary N) is 1. The van der Waals surface area contributed by atoms with Gasteiger partial charge in [-0.2, -0.15) is 8.42 Å². The monoisotopic (exact) mass is 231 g/mol. The molecule has 1 aromatic rings. The maximum atomic E-state index is 8.74. The second-order valence-electron chi connectivity index (χ2n) is 2.50. The molecule has 0 heterocycles. The Morgan fingerprint density at radius 1 is 1.20 bits per heavy atom. The van der Waals surface area contributed by atoms with Gasteiger partial charge in [-0.15, -0.1) is 0 Å². The summed E-state index contributed by atoms with van der Waals surface area (Å²) in [7, 11) is -4.67. The van der Waals surface area contributed by atoms with E-state index in [1.165, 1.54) is 5.56 Å². The van der Waals surface area contributed by atoms with Crippen molar-refractivity contribution in [2.75, 3.05) is 6.54 Å². The Kier molecular flexibility index (Phi) is 6.56. The van der Waals surface area contributed by atoms with Crippen LogP contribution in [0.4, 0.5) is 0 Å². The van der Waals surface area contributed by atoms with Crippen molar-refractivity contribution >= 4 is 16.5 Å². The summed E-state index contributed by atoms with van der Waals surface area (Å²) in [5.41, 5.74) is 6.49. The first-order valence-electron chi connectivity index (χ1n) is 4.05. The van der Waals surface area contributed by atoms with Crippen LogP contribution in [0.1, 0.15) is 5.56 Å². The van der Waals surface area contributed by atoms with Crippen LogP contribution >= 0.6 is 0 Å². The average molecular weight is 231 g/mol. The van der Waals surface area contributed by atoms with E-state index in [0.717, 1.165) is 0 Å². The smallest absolute Gasteiger partial charge is 0.327 e. The van der Waals surface area contributed by atoms with E-state index in [2.05, 4.69) is 0 Å². The first-order valence-corrected chi connectivity index (χ1v) is 5.44. The summed E-state index contributed by atoms with van der Waals surface area (Å²) < 4.78 is 31.6. The zero-order chi connectivity index (χ0) is 11.7. The molecule has 0 radical (unpaired) electrons. The lowest BCUT2D eigenvalue weighted by Crippen LogP contribution is -1.91. The molecule has 6 heteroatoms. The summed E-state index contributed by atoms with van der Waals surface area (Å²) in [5, 5.41) is 0. The summed E-state index contributed by atoms with van der Waals surface area (Å²) in [5.74, 6) is 0. The highest BCUT2D eigenvalue weighted by Crippen LogP contribution is 1.99. The van der Waals surface area contributed by atoms with Gasteiger partial charge in [0.2, 0.25) is 0 Å². The molecule has 0 aromatic heterocycles. The van der Waals surface area contributed by atoms with Crippen LogP contribution in [-0.2, 0) is 10.4 Å². The highest BCUT2D eigenvalue weighted by Gasteiger charge is 1.84. The number of benzene rings is 1. The summed E-state index contributed by atoms with van der Waals surface area (Å²) in [6.07, 6.45) is 3.95. The van der Waals surface area contributed by atoms with Crippen molar-refractivity contribution in [1.29, 1.82) is 0 Å². The molecule has 0 fully saturated rings. The first kappa shape index (κ1) is 13.8. The molecule has 0 bridgehead atoms. The van der Waals surface area contributed by atoms with Gasteiger partial charge in [0.05, 0.1) is 0 Å². The van der Waals surface area contributed by atoms with E-state index in [9.17, 15) is 0 Å². The van der Waals surface area contributed by atoms with Crippen LogP contribution in [0.3, 0.4) is 0 Å². The van der Waals surface area contributed by atoms with Gasteiger partial charge in [-0.3, -0.25) is 9.11 Å². The number of hydrogen-bond donors (Lipinski definition) is 3. The molecule has 4 N–H and O–H groups in total. The normalized spacial score (nSPS) is 10.9. The quantitative estimate of drug-likeness (QED) is 0.659. The van der Waals surface area contributed by atoms with Gasteiger partial charge in [-0.1, -0.05) is 42.5 Å². The van der Waals surface area contributed by atoms with Crippen LogP contribution in [0.15, 0.2) is 36.4 Å². The van der Waals surface area contributed by atoms with Gasteiger partial charge in [0.25, 0.3) is 0 Å². The highest BCUT2D eigenvalue weighted by molar-refractivity contribution is 7.79. The van der Waals surface area contributed by atoms with Gasteiger partial charge in [0, 0.05) is 6.54 Å². The van der Waals surface area contributed by atoms with Crippen molar-refractivity contribution in [2.24, 2.45) is 5.73 Å². The molecule has 0 amide bonds. The molecular weight excluding hydrogens is 218 g/mol. The number of rotatable bonds is 2. The van der Waals surface area contributed by atoms with Crippen LogP contribution in [0, 0.1) is 0 Å². The third kappa shape index (κ3) is 12.8. The molecule has 0 spiro atoms. The molecule has 0 aliphatic rings. The van der Waals surface area contributed by atoms with E-state index in [1.807, 2.05) is 42.5 Å². The van der Waals surface area contributed by atoms with Gasteiger partial charge in [0.15, 0.2) is 0 Å². The highest BCUT2D eigenvalue weighted by atomic mass is 32.3. The molecule has 0 aliphatic heterocycles. The van der Waals surface area contributed by atoms with Crippen molar-refractivity contribution in [3.05, 3.63) is 42.0 Å². The topological polar surface area (TPSA) is 101 Å².